The number of anilines is 1. The fourth-order valence-electron chi connectivity index (χ4n) is 2.32. The van der Waals surface area contributed by atoms with E-state index in [2.05, 4.69) is 10.4 Å². The topological polar surface area (TPSA) is 64.0 Å². The molecule has 0 atom stereocenters. The standard InChI is InChI=1S/C19H15Cl2N3O2/c1-12-2-4-13(5-3-12)11-24-18(25)9-8-17(23-24)19(26)22-14-6-7-15(20)16(21)10-14/h2-10H,11H2,1H3,(H,22,26). The van der Waals surface area contributed by atoms with Crippen LogP contribution >= 0.6 is 23.2 Å². The first-order chi connectivity index (χ1) is 12.4. The molecule has 0 bridgehead atoms. The molecule has 0 aliphatic rings. The molecule has 0 unspecified atom stereocenters. The fraction of sp³-hybridized carbons (Fsp3) is 0.105. The second-order valence-corrected chi connectivity index (χ2v) is 6.60. The summed E-state index contributed by atoms with van der Waals surface area (Å²) in [6, 6.07) is 15.2. The van der Waals surface area contributed by atoms with Crippen molar-refractivity contribution in [3.8, 4) is 0 Å². The number of rotatable bonds is 4. The highest BCUT2D eigenvalue weighted by molar-refractivity contribution is 6.42. The summed E-state index contributed by atoms with van der Waals surface area (Å²) >= 11 is 11.8. The van der Waals surface area contributed by atoms with E-state index in [1.165, 1.54) is 16.8 Å². The molecule has 1 heterocycles. The average molecular weight is 388 g/mol. The Morgan fingerprint density at radius 3 is 2.46 bits per heavy atom. The predicted molar refractivity (Wildman–Crippen MR) is 103 cm³/mol. The molecule has 3 aromatic rings. The van der Waals surface area contributed by atoms with Crippen molar-refractivity contribution < 1.29 is 4.79 Å². The minimum atomic E-state index is -0.443. The quantitative estimate of drug-likeness (QED) is 0.730. The van der Waals surface area contributed by atoms with Crippen molar-refractivity contribution in [3.05, 3.63) is 91.8 Å². The SMILES string of the molecule is Cc1ccc(Cn2nc(C(=O)Nc3ccc(Cl)c(Cl)c3)ccc2=O)cc1. The second kappa shape index (κ2) is 7.72. The van der Waals surface area contributed by atoms with Gasteiger partial charge in [0.25, 0.3) is 11.5 Å². The monoisotopic (exact) mass is 387 g/mol. The molecule has 7 heteroatoms. The van der Waals surface area contributed by atoms with E-state index in [1.807, 2.05) is 31.2 Å². The van der Waals surface area contributed by atoms with E-state index in [0.717, 1.165) is 11.1 Å². The van der Waals surface area contributed by atoms with Crippen molar-refractivity contribution in [1.29, 1.82) is 0 Å². The molecule has 2 aromatic carbocycles. The number of halogens is 2. The Hall–Kier alpha value is -2.63. The van der Waals surface area contributed by atoms with Crippen LogP contribution in [0.5, 0.6) is 0 Å². The van der Waals surface area contributed by atoms with Crippen molar-refractivity contribution in [2.45, 2.75) is 13.5 Å². The van der Waals surface area contributed by atoms with Gasteiger partial charge in [0.1, 0.15) is 5.69 Å². The Morgan fingerprint density at radius 1 is 1.04 bits per heavy atom. The van der Waals surface area contributed by atoms with Crippen LogP contribution in [0.15, 0.2) is 59.4 Å². The Balaban J connectivity index is 1.81. The van der Waals surface area contributed by atoms with Crippen LogP contribution in [0.3, 0.4) is 0 Å². The first-order valence-electron chi connectivity index (χ1n) is 7.82. The molecule has 1 aromatic heterocycles. The normalized spacial score (nSPS) is 10.6. The average Bonchev–Trinajstić information content (AvgIpc) is 2.62. The van der Waals surface area contributed by atoms with Gasteiger partial charge in [0.2, 0.25) is 0 Å². The maximum absolute atomic E-state index is 12.4. The van der Waals surface area contributed by atoms with Crippen LogP contribution in [0.25, 0.3) is 0 Å². The zero-order valence-corrected chi connectivity index (χ0v) is 15.4. The highest BCUT2D eigenvalue weighted by Crippen LogP contribution is 2.25. The van der Waals surface area contributed by atoms with Gasteiger partial charge in [0, 0.05) is 11.8 Å². The summed E-state index contributed by atoms with van der Waals surface area (Å²) in [6.45, 7) is 2.27. The Morgan fingerprint density at radius 2 is 1.77 bits per heavy atom. The van der Waals surface area contributed by atoms with Crippen molar-refractivity contribution in [3.63, 3.8) is 0 Å². The summed E-state index contributed by atoms with van der Waals surface area (Å²) in [4.78, 5) is 24.4. The van der Waals surface area contributed by atoms with Crippen LogP contribution in [-0.2, 0) is 6.54 Å². The molecule has 3 rings (SSSR count). The number of hydrogen-bond acceptors (Lipinski definition) is 3. The minimum Gasteiger partial charge on any atom is -0.321 e. The number of aryl methyl sites for hydroxylation is 1. The summed E-state index contributed by atoms with van der Waals surface area (Å²) < 4.78 is 1.26. The first-order valence-corrected chi connectivity index (χ1v) is 8.58. The van der Waals surface area contributed by atoms with Crippen molar-refractivity contribution >= 4 is 34.8 Å². The molecular weight excluding hydrogens is 373 g/mol. The van der Waals surface area contributed by atoms with Crippen LogP contribution in [0.1, 0.15) is 21.6 Å². The summed E-state index contributed by atoms with van der Waals surface area (Å²) in [5, 5.41) is 7.58. The molecule has 0 saturated carbocycles. The van der Waals surface area contributed by atoms with Gasteiger partial charge in [0.05, 0.1) is 16.6 Å². The van der Waals surface area contributed by atoms with E-state index in [4.69, 9.17) is 23.2 Å². The van der Waals surface area contributed by atoms with Crippen LogP contribution in [-0.4, -0.2) is 15.7 Å². The number of aromatic nitrogens is 2. The lowest BCUT2D eigenvalue weighted by atomic mass is 10.1. The summed E-state index contributed by atoms with van der Waals surface area (Å²) in [5.74, 6) is -0.443. The van der Waals surface area contributed by atoms with Gasteiger partial charge in [-0.1, -0.05) is 53.0 Å². The Bertz CT molecular complexity index is 1010. The highest BCUT2D eigenvalue weighted by atomic mass is 35.5. The number of amides is 1. The van der Waals surface area contributed by atoms with Crippen LogP contribution in [0.4, 0.5) is 5.69 Å². The predicted octanol–water partition coefficient (Wildman–Crippen LogP) is 4.16. The molecule has 5 nitrogen and oxygen atoms in total. The largest absolute Gasteiger partial charge is 0.321 e. The molecule has 0 fully saturated rings. The molecular formula is C19H15Cl2N3O2. The summed E-state index contributed by atoms with van der Waals surface area (Å²) in [7, 11) is 0. The molecule has 1 amide bonds. The number of nitrogens with one attached hydrogen (secondary N) is 1. The van der Waals surface area contributed by atoms with Crippen LogP contribution in [0, 0.1) is 6.92 Å². The molecule has 1 N–H and O–H groups in total. The van der Waals surface area contributed by atoms with Gasteiger partial charge in [-0.2, -0.15) is 5.10 Å². The van der Waals surface area contributed by atoms with Crippen LogP contribution < -0.4 is 10.9 Å². The lowest BCUT2D eigenvalue weighted by molar-refractivity contribution is 0.102. The highest BCUT2D eigenvalue weighted by Gasteiger charge is 2.11. The number of carbonyl (C=O) groups is 1. The summed E-state index contributed by atoms with van der Waals surface area (Å²) in [6.07, 6.45) is 0. The molecule has 0 aliphatic carbocycles. The smallest absolute Gasteiger partial charge is 0.276 e. The third kappa shape index (κ3) is 4.31. The third-order valence-electron chi connectivity index (χ3n) is 3.73. The maximum atomic E-state index is 12.4. The number of benzene rings is 2. The van der Waals surface area contributed by atoms with Crippen molar-refractivity contribution in [2.24, 2.45) is 0 Å². The van der Waals surface area contributed by atoms with Gasteiger partial charge in [-0.25, -0.2) is 4.68 Å². The molecule has 0 saturated heterocycles. The van der Waals surface area contributed by atoms with Crippen LogP contribution in [0.2, 0.25) is 10.0 Å². The minimum absolute atomic E-state index is 0.128. The van der Waals surface area contributed by atoms with Crippen molar-refractivity contribution in [2.75, 3.05) is 5.32 Å². The fourth-order valence-corrected chi connectivity index (χ4v) is 2.62. The van der Waals surface area contributed by atoms with Crippen molar-refractivity contribution in [1.82, 2.24) is 9.78 Å². The zero-order valence-electron chi connectivity index (χ0n) is 13.9. The van der Waals surface area contributed by atoms with E-state index in [1.54, 1.807) is 18.2 Å². The van der Waals surface area contributed by atoms with Gasteiger partial charge < -0.3 is 5.32 Å². The molecule has 132 valence electrons. The zero-order chi connectivity index (χ0) is 18.7. The third-order valence-corrected chi connectivity index (χ3v) is 4.47. The molecule has 0 radical (unpaired) electrons. The molecule has 26 heavy (non-hydrogen) atoms. The van der Waals surface area contributed by atoms with E-state index >= 15 is 0 Å². The van der Waals surface area contributed by atoms with E-state index < -0.39 is 5.91 Å². The Labute approximate surface area is 160 Å². The van der Waals surface area contributed by atoms with Gasteiger partial charge in [-0.05, 0) is 36.8 Å². The van der Waals surface area contributed by atoms with Gasteiger partial charge >= 0.3 is 0 Å². The first kappa shape index (κ1) is 18.2. The molecule has 0 spiro atoms. The van der Waals surface area contributed by atoms with Gasteiger partial charge in [-0.3, -0.25) is 9.59 Å². The van der Waals surface area contributed by atoms with E-state index in [-0.39, 0.29) is 17.8 Å². The van der Waals surface area contributed by atoms with E-state index in [9.17, 15) is 9.59 Å². The Kier molecular flexibility index (Phi) is 5.40. The lowest BCUT2D eigenvalue weighted by Crippen LogP contribution is -2.26. The van der Waals surface area contributed by atoms with E-state index in [0.29, 0.717) is 15.7 Å². The lowest BCUT2D eigenvalue weighted by Gasteiger charge is -2.09. The maximum Gasteiger partial charge on any atom is 0.276 e. The second-order valence-electron chi connectivity index (χ2n) is 5.78. The number of carbonyl (C=O) groups excluding carboxylic acids is 1. The van der Waals surface area contributed by atoms with Gasteiger partial charge in [0.15, 0.2) is 0 Å². The number of hydrogen-bond donors (Lipinski definition) is 1. The van der Waals surface area contributed by atoms with Gasteiger partial charge in [-0.15, -0.1) is 0 Å². The number of nitrogens with zero attached hydrogens (tertiary/aromatic N) is 2. The molecule has 0 aliphatic heterocycles. The summed E-state index contributed by atoms with van der Waals surface area (Å²) in [5.41, 5.74) is 2.39.